The summed E-state index contributed by atoms with van der Waals surface area (Å²) in [6.45, 7) is 0.482. The first-order chi connectivity index (χ1) is 12.1. The number of imidazole rings is 1. The van der Waals surface area contributed by atoms with Crippen LogP contribution in [0.15, 0.2) is 41.0 Å². The second-order valence-corrected chi connectivity index (χ2v) is 5.63. The van der Waals surface area contributed by atoms with Crippen LogP contribution < -0.4 is 5.32 Å². The molecule has 3 rings (SSSR count). The number of amides is 1. The summed E-state index contributed by atoms with van der Waals surface area (Å²) in [6.07, 6.45) is 2.70. The Morgan fingerprint density at radius 2 is 2.12 bits per heavy atom. The molecule has 7 heteroatoms. The molecule has 1 N–H and O–H groups in total. The van der Waals surface area contributed by atoms with Gasteiger partial charge in [0.25, 0.3) is 5.91 Å². The molecule has 130 valence electrons. The Hall–Kier alpha value is -3.09. The monoisotopic (exact) mass is 341 g/mol. The van der Waals surface area contributed by atoms with Gasteiger partial charge in [0, 0.05) is 26.1 Å². The molecule has 2 aromatic heterocycles. The van der Waals surface area contributed by atoms with Crippen LogP contribution in [-0.2, 0) is 18.2 Å². The van der Waals surface area contributed by atoms with Crippen molar-refractivity contribution in [3.63, 3.8) is 0 Å². The largest absolute Gasteiger partial charge is 0.465 e. The zero-order chi connectivity index (χ0) is 17.8. The predicted octanol–water partition coefficient (Wildman–Crippen LogP) is 2.32. The van der Waals surface area contributed by atoms with Crippen molar-refractivity contribution in [2.45, 2.75) is 12.8 Å². The van der Waals surface area contributed by atoms with Crippen molar-refractivity contribution < 1.29 is 18.7 Å². The summed E-state index contributed by atoms with van der Waals surface area (Å²) in [5, 5.41) is 2.77. The molecule has 7 nitrogen and oxygen atoms in total. The van der Waals surface area contributed by atoms with Crippen LogP contribution >= 0.6 is 0 Å². The van der Waals surface area contributed by atoms with Gasteiger partial charge in [-0.15, -0.1) is 0 Å². The summed E-state index contributed by atoms with van der Waals surface area (Å²) in [4.78, 5) is 28.0. The van der Waals surface area contributed by atoms with Crippen LogP contribution in [0.4, 0.5) is 0 Å². The number of furan rings is 1. The number of para-hydroxylation sites is 2. The maximum atomic E-state index is 12.0. The van der Waals surface area contributed by atoms with Gasteiger partial charge in [0.1, 0.15) is 12.1 Å². The number of ether oxygens (including phenoxy) is 1. The molecule has 0 fully saturated rings. The molecule has 0 saturated heterocycles. The van der Waals surface area contributed by atoms with E-state index >= 15 is 0 Å². The highest BCUT2D eigenvalue weighted by Crippen LogP contribution is 2.15. The average molecular weight is 341 g/mol. The molecule has 2 heterocycles. The molecule has 0 spiro atoms. The van der Waals surface area contributed by atoms with E-state index in [4.69, 9.17) is 4.42 Å². The second kappa shape index (κ2) is 7.21. The first kappa shape index (κ1) is 16.8. The lowest BCUT2D eigenvalue weighted by Gasteiger charge is -2.04. The van der Waals surface area contributed by atoms with Gasteiger partial charge in [-0.05, 0) is 18.6 Å². The topological polar surface area (TPSA) is 86.4 Å². The van der Waals surface area contributed by atoms with Gasteiger partial charge in [-0.1, -0.05) is 12.1 Å². The second-order valence-electron chi connectivity index (χ2n) is 5.63. The molecule has 3 aromatic rings. The van der Waals surface area contributed by atoms with Crippen LogP contribution in [-0.4, -0.2) is 35.1 Å². The Labute approximate surface area is 144 Å². The fourth-order valence-electron chi connectivity index (χ4n) is 2.63. The van der Waals surface area contributed by atoms with Gasteiger partial charge in [-0.3, -0.25) is 4.79 Å². The van der Waals surface area contributed by atoms with Gasteiger partial charge < -0.3 is 19.0 Å². The van der Waals surface area contributed by atoms with Crippen molar-refractivity contribution in [2.75, 3.05) is 13.7 Å². The summed E-state index contributed by atoms with van der Waals surface area (Å²) in [7, 11) is 3.26. The zero-order valence-corrected chi connectivity index (χ0v) is 14.1. The van der Waals surface area contributed by atoms with Crippen LogP contribution in [0.2, 0.25) is 0 Å². The Balaban J connectivity index is 1.52. The lowest BCUT2D eigenvalue weighted by Crippen LogP contribution is -2.24. The van der Waals surface area contributed by atoms with Crippen LogP contribution in [0, 0.1) is 0 Å². The van der Waals surface area contributed by atoms with Crippen LogP contribution in [0.25, 0.3) is 11.0 Å². The number of aryl methyl sites for hydroxylation is 2. The van der Waals surface area contributed by atoms with Crippen molar-refractivity contribution in [2.24, 2.45) is 7.05 Å². The quantitative estimate of drug-likeness (QED) is 0.549. The van der Waals surface area contributed by atoms with Crippen LogP contribution in [0.5, 0.6) is 0 Å². The highest BCUT2D eigenvalue weighted by atomic mass is 16.5. The number of nitrogens with zero attached hydrogens (tertiary/aromatic N) is 2. The summed E-state index contributed by atoms with van der Waals surface area (Å²) in [5.41, 5.74) is 2.27. The highest BCUT2D eigenvalue weighted by Gasteiger charge is 2.15. The van der Waals surface area contributed by atoms with Crippen molar-refractivity contribution in [1.82, 2.24) is 14.9 Å². The average Bonchev–Trinajstić information content (AvgIpc) is 3.24. The number of hydrogen-bond donors (Lipinski definition) is 1. The number of esters is 1. The number of fused-ring (bicyclic) bond motifs is 1. The summed E-state index contributed by atoms with van der Waals surface area (Å²) < 4.78 is 11.7. The minimum Gasteiger partial charge on any atom is -0.465 e. The van der Waals surface area contributed by atoms with E-state index in [-0.39, 0.29) is 17.2 Å². The normalized spacial score (nSPS) is 10.8. The van der Waals surface area contributed by atoms with Gasteiger partial charge in [0.05, 0.1) is 23.7 Å². The molecule has 0 saturated carbocycles. The lowest BCUT2D eigenvalue weighted by atomic mass is 10.2. The summed E-state index contributed by atoms with van der Waals surface area (Å²) >= 11 is 0. The molecule has 1 aromatic carbocycles. The summed E-state index contributed by atoms with van der Waals surface area (Å²) in [6, 6.07) is 9.33. The highest BCUT2D eigenvalue weighted by molar-refractivity contribution is 5.96. The maximum absolute atomic E-state index is 12.0. The molecule has 0 bridgehead atoms. The number of carbonyl (C=O) groups is 2. The number of rotatable bonds is 6. The fourth-order valence-corrected chi connectivity index (χ4v) is 2.63. The molecule has 0 aliphatic carbocycles. The standard InChI is InChI=1S/C18H19N3O4/c1-21-14-7-4-3-6-13(14)20-16(21)8-5-9-19-17(22)15-10-12(11-25-15)18(23)24-2/h3-4,6-7,10-11H,5,8-9H2,1-2H3,(H,19,22). The first-order valence-electron chi connectivity index (χ1n) is 7.95. The molecule has 25 heavy (non-hydrogen) atoms. The fraction of sp³-hybridized carbons (Fsp3) is 0.278. The van der Waals surface area contributed by atoms with Crippen molar-refractivity contribution in [1.29, 1.82) is 0 Å². The van der Waals surface area contributed by atoms with Gasteiger partial charge in [0.15, 0.2) is 5.76 Å². The SMILES string of the molecule is COC(=O)c1coc(C(=O)NCCCc2nc3ccccc3n2C)c1. The van der Waals surface area contributed by atoms with E-state index in [1.807, 2.05) is 31.3 Å². The van der Waals surface area contributed by atoms with E-state index < -0.39 is 5.97 Å². The van der Waals surface area contributed by atoms with Crippen molar-refractivity contribution in [3.05, 3.63) is 53.7 Å². The minimum atomic E-state index is -0.537. The third-order valence-electron chi connectivity index (χ3n) is 3.99. The van der Waals surface area contributed by atoms with Gasteiger partial charge in [-0.25, -0.2) is 9.78 Å². The molecule has 0 aliphatic rings. The molecule has 0 unspecified atom stereocenters. The third kappa shape index (κ3) is 3.55. The van der Waals surface area contributed by atoms with Crippen molar-refractivity contribution in [3.8, 4) is 0 Å². The van der Waals surface area contributed by atoms with Crippen LogP contribution in [0.1, 0.15) is 33.2 Å². The third-order valence-corrected chi connectivity index (χ3v) is 3.99. The number of aromatic nitrogens is 2. The molecule has 0 aliphatic heterocycles. The number of carbonyl (C=O) groups excluding carboxylic acids is 2. The van der Waals surface area contributed by atoms with E-state index in [1.54, 1.807) is 0 Å². The zero-order valence-electron chi connectivity index (χ0n) is 14.1. The van der Waals surface area contributed by atoms with Gasteiger partial charge >= 0.3 is 5.97 Å². The van der Waals surface area contributed by atoms with Gasteiger partial charge in [0.2, 0.25) is 0 Å². The lowest BCUT2D eigenvalue weighted by molar-refractivity contribution is 0.0599. The number of nitrogens with one attached hydrogen (secondary N) is 1. The van der Waals surface area contributed by atoms with E-state index in [0.717, 1.165) is 29.7 Å². The smallest absolute Gasteiger partial charge is 0.341 e. The Kier molecular flexibility index (Phi) is 4.83. The van der Waals surface area contributed by atoms with E-state index in [0.29, 0.717) is 6.54 Å². The number of hydrogen-bond acceptors (Lipinski definition) is 5. The Bertz CT molecular complexity index is 910. The molecular formula is C18H19N3O4. The number of benzene rings is 1. The van der Waals surface area contributed by atoms with E-state index in [2.05, 4.69) is 19.6 Å². The van der Waals surface area contributed by atoms with E-state index in [1.165, 1.54) is 19.4 Å². The minimum absolute atomic E-state index is 0.0862. The van der Waals surface area contributed by atoms with Gasteiger partial charge in [-0.2, -0.15) is 0 Å². The molecule has 0 radical (unpaired) electrons. The maximum Gasteiger partial charge on any atom is 0.341 e. The Morgan fingerprint density at radius 3 is 2.88 bits per heavy atom. The molecular weight excluding hydrogens is 322 g/mol. The number of methoxy groups -OCH3 is 1. The Morgan fingerprint density at radius 1 is 1.32 bits per heavy atom. The molecule has 1 amide bonds. The summed E-state index contributed by atoms with van der Waals surface area (Å²) in [5.74, 6) is 0.161. The first-order valence-corrected chi connectivity index (χ1v) is 7.95. The van der Waals surface area contributed by atoms with Crippen molar-refractivity contribution >= 4 is 22.9 Å². The predicted molar refractivity (Wildman–Crippen MR) is 91.4 cm³/mol. The van der Waals surface area contributed by atoms with E-state index in [9.17, 15) is 9.59 Å². The van der Waals surface area contributed by atoms with Crippen LogP contribution in [0.3, 0.4) is 0 Å². The molecule has 0 atom stereocenters.